The number of likely N-dealkylation sites (tertiary alicyclic amines) is 1. The third-order valence-corrected chi connectivity index (χ3v) is 10.2. The molecule has 2 fully saturated rings. The van der Waals surface area contributed by atoms with Crippen molar-refractivity contribution in [3.8, 4) is 11.3 Å². The Morgan fingerprint density at radius 3 is 2.57 bits per heavy atom. The maximum Gasteiger partial charge on any atom is 0.251 e. The fourth-order valence-corrected chi connectivity index (χ4v) is 7.35. The average molecular weight is 624 g/mol. The third kappa shape index (κ3) is 4.94. The first-order chi connectivity index (χ1) is 22.0. The van der Waals surface area contributed by atoms with Gasteiger partial charge in [0.25, 0.3) is 5.91 Å². The van der Waals surface area contributed by atoms with Crippen LogP contribution in [0.5, 0.6) is 0 Å². The Kier molecular flexibility index (Phi) is 7.38. The second-order valence-corrected chi connectivity index (χ2v) is 13.9. The monoisotopic (exact) mass is 623 g/mol. The van der Waals surface area contributed by atoms with Crippen LogP contribution in [-0.2, 0) is 10.2 Å². The fraction of sp³-hybridized carbons (Fsp3) is 0.444. The summed E-state index contributed by atoms with van der Waals surface area (Å²) in [5, 5.41) is 6.21. The summed E-state index contributed by atoms with van der Waals surface area (Å²) in [6, 6.07) is 14.5. The van der Waals surface area contributed by atoms with Crippen LogP contribution in [0.2, 0.25) is 0 Å². The van der Waals surface area contributed by atoms with Gasteiger partial charge in [-0.25, -0.2) is 14.4 Å². The Hall–Kier alpha value is -4.31. The van der Waals surface area contributed by atoms with Gasteiger partial charge in [-0.2, -0.15) is 0 Å². The number of alkyl halides is 1. The smallest absolute Gasteiger partial charge is 0.251 e. The van der Waals surface area contributed by atoms with Crippen LogP contribution in [0.4, 0.5) is 21.6 Å². The maximum atomic E-state index is 13.9. The van der Waals surface area contributed by atoms with Crippen LogP contribution in [0, 0.1) is 6.92 Å². The third-order valence-electron chi connectivity index (χ3n) is 10.2. The number of nitrogens with zero attached hydrogens (tertiary/aromatic N) is 5. The molecule has 3 aliphatic rings. The number of aromatic nitrogens is 3. The highest BCUT2D eigenvalue weighted by Gasteiger charge is 2.50. The van der Waals surface area contributed by atoms with Gasteiger partial charge in [-0.1, -0.05) is 18.2 Å². The minimum atomic E-state index is -0.741. The van der Waals surface area contributed by atoms with E-state index in [2.05, 4.69) is 46.1 Å². The molecule has 2 aromatic heterocycles. The predicted molar refractivity (Wildman–Crippen MR) is 180 cm³/mol. The lowest BCUT2D eigenvalue weighted by Crippen LogP contribution is -2.55. The Labute approximate surface area is 269 Å². The quantitative estimate of drug-likeness (QED) is 0.251. The molecule has 10 heteroatoms. The second kappa shape index (κ2) is 11.2. The first-order valence-corrected chi connectivity index (χ1v) is 16.3. The van der Waals surface area contributed by atoms with Crippen LogP contribution in [0.3, 0.4) is 0 Å². The molecule has 1 atom stereocenters. The zero-order valence-corrected chi connectivity index (χ0v) is 27.4. The SMILES string of the molecule is CNC(=O)c1cc(Nc2nc(-c3ccc4c(c3)N(C3CC(N5CC[C@H](F)C5)C3)C(=O)C4(C)C)cc3ncn(C(C)C)c23)ccc1C. The van der Waals surface area contributed by atoms with Crippen molar-refractivity contribution in [3.05, 3.63) is 65.5 Å². The van der Waals surface area contributed by atoms with Crippen molar-refractivity contribution in [2.75, 3.05) is 30.4 Å². The molecular weight excluding hydrogens is 581 g/mol. The highest BCUT2D eigenvalue weighted by atomic mass is 19.1. The van der Waals surface area contributed by atoms with E-state index >= 15 is 0 Å². The molecule has 2 aliphatic heterocycles. The van der Waals surface area contributed by atoms with Crippen molar-refractivity contribution in [1.29, 1.82) is 0 Å². The number of imidazole rings is 1. The van der Waals surface area contributed by atoms with E-state index in [0.717, 1.165) is 64.2 Å². The molecule has 0 bridgehead atoms. The molecule has 4 aromatic rings. The number of fused-ring (bicyclic) bond motifs is 2. The van der Waals surface area contributed by atoms with Gasteiger partial charge in [0.1, 0.15) is 11.7 Å². The predicted octanol–water partition coefficient (Wildman–Crippen LogP) is 6.29. The minimum absolute atomic E-state index is 0.0948. The number of benzene rings is 2. The van der Waals surface area contributed by atoms with E-state index in [9.17, 15) is 14.0 Å². The number of carbonyl (C=O) groups excluding carboxylic acids is 2. The van der Waals surface area contributed by atoms with E-state index in [1.807, 2.05) is 62.3 Å². The van der Waals surface area contributed by atoms with Gasteiger partial charge in [-0.05, 0) is 89.3 Å². The van der Waals surface area contributed by atoms with Gasteiger partial charge >= 0.3 is 0 Å². The molecule has 1 aliphatic carbocycles. The van der Waals surface area contributed by atoms with Crippen molar-refractivity contribution in [1.82, 2.24) is 24.8 Å². The summed E-state index contributed by atoms with van der Waals surface area (Å²) in [7, 11) is 1.63. The Morgan fingerprint density at radius 1 is 1.09 bits per heavy atom. The lowest BCUT2D eigenvalue weighted by atomic mass is 9.83. The number of amides is 2. The van der Waals surface area contributed by atoms with Gasteiger partial charge in [0.05, 0.1) is 23.0 Å². The summed E-state index contributed by atoms with van der Waals surface area (Å²) in [6.07, 6.45) is 3.41. The molecule has 1 saturated heterocycles. The van der Waals surface area contributed by atoms with Crippen LogP contribution >= 0.6 is 0 Å². The van der Waals surface area contributed by atoms with Gasteiger partial charge in [-0.15, -0.1) is 0 Å². The summed E-state index contributed by atoms with van der Waals surface area (Å²) in [4.78, 5) is 40.5. The zero-order chi connectivity index (χ0) is 32.5. The van der Waals surface area contributed by atoms with E-state index < -0.39 is 11.6 Å². The lowest BCUT2D eigenvalue weighted by molar-refractivity contribution is -0.123. The molecule has 4 heterocycles. The Bertz CT molecular complexity index is 1860. The van der Waals surface area contributed by atoms with Crippen LogP contribution in [-0.4, -0.2) is 69.6 Å². The zero-order valence-electron chi connectivity index (χ0n) is 27.4. The topological polar surface area (TPSA) is 95.4 Å². The molecule has 0 radical (unpaired) electrons. The molecule has 46 heavy (non-hydrogen) atoms. The first kappa shape index (κ1) is 30.3. The van der Waals surface area contributed by atoms with Crippen LogP contribution < -0.4 is 15.5 Å². The Balaban J connectivity index is 1.26. The number of aryl methyl sites for hydroxylation is 1. The minimum Gasteiger partial charge on any atom is -0.355 e. The van der Waals surface area contributed by atoms with Gasteiger partial charge in [0, 0.05) is 60.8 Å². The normalized spacial score (nSPS) is 22.4. The van der Waals surface area contributed by atoms with Crippen molar-refractivity contribution < 1.29 is 14.0 Å². The highest BCUT2D eigenvalue weighted by molar-refractivity contribution is 6.09. The first-order valence-electron chi connectivity index (χ1n) is 16.3. The van der Waals surface area contributed by atoms with Gasteiger partial charge in [0.15, 0.2) is 5.82 Å². The molecule has 9 nitrogen and oxygen atoms in total. The number of nitrogens with one attached hydrogen (secondary N) is 2. The standard InChI is InChI=1S/C36H42FN7O2/c1-20(2)43-19-39-30-17-29(41-33(32(30)43)40-24-9-7-21(3)27(14-24)34(45)38-6)22-8-10-28-31(13-22)44(35(46)36(28,4)5)26-15-25(16-26)42-12-11-23(37)18-42/h7-10,13-14,17,19-20,23,25-26H,11-12,15-16,18H2,1-6H3,(H,38,45)(H,40,41)/t23-,25?,26?/m0/s1. The number of carbonyl (C=O) groups is 2. The van der Waals surface area contributed by atoms with Gasteiger partial charge in [-0.3, -0.25) is 14.5 Å². The molecule has 1 saturated carbocycles. The summed E-state index contributed by atoms with van der Waals surface area (Å²) in [6.45, 7) is 11.4. The van der Waals surface area contributed by atoms with E-state index in [-0.39, 0.29) is 23.9 Å². The number of hydrogen-bond acceptors (Lipinski definition) is 6. The molecule has 2 aromatic carbocycles. The molecule has 240 valence electrons. The van der Waals surface area contributed by atoms with E-state index in [0.29, 0.717) is 30.4 Å². The van der Waals surface area contributed by atoms with Crippen molar-refractivity contribution >= 4 is 40.0 Å². The number of halogens is 1. The van der Waals surface area contributed by atoms with E-state index in [4.69, 9.17) is 9.97 Å². The molecular formula is C36H42FN7O2. The van der Waals surface area contributed by atoms with Crippen molar-refractivity contribution in [2.24, 2.45) is 0 Å². The van der Waals surface area contributed by atoms with Crippen molar-refractivity contribution in [3.63, 3.8) is 0 Å². The number of pyridine rings is 1. The summed E-state index contributed by atoms with van der Waals surface area (Å²) in [5.74, 6) is 0.601. The summed E-state index contributed by atoms with van der Waals surface area (Å²) in [5.41, 5.74) is 6.83. The fourth-order valence-electron chi connectivity index (χ4n) is 7.35. The highest BCUT2D eigenvalue weighted by Crippen LogP contribution is 2.48. The van der Waals surface area contributed by atoms with Gasteiger partial charge < -0.3 is 20.1 Å². The molecule has 7 rings (SSSR count). The van der Waals surface area contributed by atoms with E-state index in [1.165, 1.54) is 0 Å². The van der Waals surface area contributed by atoms with Crippen LogP contribution in [0.25, 0.3) is 22.3 Å². The molecule has 2 amide bonds. The Morgan fingerprint density at radius 2 is 1.87 bits per heavy atom. The van der Waals surface area contributed by atoms with Gasteiger partial charge in [0.2, 0.25) is 5.91 Å². The molecule has 0 unspecified atom stereocenters. The largest absolute Gasteiger partial charge is 0.355 e. The van der Waals surface area contributed by atoms with E-state index in [1.54, 1.807) is 7.05 Å². The number of hydrogen-bond donors (Lipinski definition) is 2. The second-order valence-electron chi connectivity index (χ2n) is 13.9. The maximum absolute atomic E-state index is 13.9. The molecule has 2 N–H and O–H groups in total. The molecule has 0 spiro atoms. The summed E-state index contributed by atoms with van der Waals surface area (Å²) < 4.78 is 16.0. The average Bonchev–Trinajstić information content (AvgIpc) is 3.69. The summed E-state index contributed by atoms with van der Waals surface area (Å²) >= 11 is 0. The number of anilines is 3. The van der Waals surface area contributed by atoms with Crippen molar-refractivity contribution in [2.45, 2.75) is 83.6 Å². The number of rotatable bonds is 7. The lowest BCUT2D eigenvalue weighted by Gasteiger charge is -2.45. The van der Waals surface area contributed by atoms with Crippen LogP contribution in [0.1, 0.15) is 74.5 Å². The van der Waals surface area contributed by atoms with Crippen LogP contribution in [0.15, 0.2) is 48.8 Å².